The molecule has 68 valence electrons. The summed E-state index contributed by atoms with van der Waals surface area (Å²) in [4.78, 5) is 4.29. The molecule has 2 aromatic heterocycles. The predicted octanol–water partition coefficient (Wildman–Crippen LogP) is 2.81. The van der Waals surface area contributed by atoms with E-state index >= 15 is 0 Å². The van der Waals surface area contributed by atoms with E-state index in [4.69, 9.17) is 0 Å². The summed E-state index contributed by atoms with van der Waals surface area (Å²) in [5.74, 6) is 0. The van der Waals surface area contributed by atoms with Gasteiger partial charge in [0.15, 0.2) is 0 Å². The zero-order valence-corrected chi connectivity index (χ0v) is 8.68. The summed E-state index contributed by atoms with van der Waals surface area (Å²) >= 11 is 3.05. The highest BCUT2D eigenvalue weighted by Crippen LogP contribution is 2.30. The van der Waals surface area contributed by atoms with E-state index in [2.05, 4.69) is 20.6 Å². The lowest BCUT2D eigenvalue weighted by atomic mass is 10.2. The van der Waals surface area contributed by atoms with Crippen LogP contribution < -0.4 is 0 Å². The molecule has 2 heterocycles. The zero-order valence-electron chi connectivity index (χ0n) is 7.04. The van der Waals surface area contributed by atoms with Gasteiger partial charge in [-0.25, -0.2) is 4.98 Å². The van der Waals surface area contributed by atoms with Gasteiger partial charge in [0.05, 0.1) is 4.70 Å². The third-order valence-corrected chi connectivity index (χ3v) is 3.52. The van der Waals surface area contributed by atoms with E-state index in [1.165, 1.54) is 11.5 Å². The molecular formula is C9H5N3S2. The Balaban J connectivity index is 2.36. The molecule has 1 aromatic carbocycles. The first-order valence-electron chi connectivity index (χ1n) is 4.06. The fourth-order valence-corrected chi connectivity index (χ4v) is 2.74. The van der Waals surface area contributed by atoms with Crippen LogP contribution in [0.25, 0.3) is 20.8 Å². The van der Waals surface area contributed by atoms with Gasteiger partial charge < -0.3 is 0 Å². The van der Waals surface area contributed by atoms with Gasteiger partial charge in [0.25, 0.3) is 0 Å². The second kappa shape index (κ2) is 3.11. The summed E-state index contributed by atoms with van der Waals surface area (Å²) < 4.78 is 5.05. The number of hydrogen-bond acceptors (Lipinski definition) is 5. The van der Waals surface area contributed by atoms with Crippen molar-refractivity contribution in [3.63, 3.8) is 0 Å². The Labute approximate surface area is 88.2 Å². The molecular weight excluding hydrogens is 214 g/mol. The van der Waals surface area contributed by atoms with Gasteiger partial charge in [0.2, 0.25) is 0 Å². The van der Waals surface area contributed by atoms with Crippen molar-refractivity contribution in [1.82, 2.24) is 14.6 Å². The lowest BCUT2D eigenvalue weighted by molar-refractivity contribution is 1.20. The molecule has 3 nitrogen and oxygen atoms in total. The number of aromatic nitrogens is 3. The molecule has 14 heavy (non-hydrogen) atoms. The van der Waals surface area contributed by atoms with Crippen molar-refractivity contribution in [2.45, 2.75) is 0 Å². The number of hydrogen-bond donors (Lipinski definition) is 0. The first kappa shape index (κ1) is 8.02. The summed E-state index contributed by atoms with van der Waals surface area (Å²) in [7, 11) is 0. The van der Waals surface area contributed by atoms with Crippen LogP contribution in [-0.4, -0.2) is 14.6 Å². The minimum Gasteiger partial charge on any atom is -0.244 e. The minimum atomic E-state index is 0.947. The van der Waals surface area contributed by atoms with Crippen LogP contribution in [0.5, 0.6) is 0 Å². The van der Waals surface area contributed by atoms with E-state index in [0.29, 0.717) is 0 Å². The van der Waals surface area contributed by atoms with Gasteiger partial charge in [-0.1, -0.05) is 16.6 Å². The quantitative estimate of drug-likeness (QED) is 0.631. The van der Waals surface area contributed by atoms with Gasteiger partial charge in [0, 0.05) is 17.1 Å². The molecule has 0 N–H and O–H groups in total. The Morgan fingerprint density at radius 1 is 1.21 bits per heavy atom. The van der Waals surface area contributed by atoms with E-state index in [0.717, 1.165) is 20.8 Å². The smallest absolute Gasteiger partial charge is 0.124 e. The lowest BCUT2D eigenvalue weighted by Gasteiger charge is -1.95. The molecule has 3 rings (SSSR count). The van der Waals surface area contributed by atoms with Crippen LogP contribution in [0.1, 0.15) is 0 Å². The van der Waals surface area contributed by atoms with Gasteiger partial charge in [0.1, 0.15) is 10.5 Å². The molecule has 0 aliphatic rings. The number of rotatable bonds is 1. The molecule has 0 aliphatic carbocycles. The monoisotopic (exact) mass is 219 g/mol. The van der Waals surface area contributed by atoms with E-state index in [1.54, 1.807) is 11.3 Å². The average Bonchev–Trinajstić information content (AvgIpc) is 2.88. The molecule has 0 fully saturated rings. The van der Waals surface area contributed by atoms with Crippen molar-refractivity contribution in [3.05, 3.63) is 29.8 Å². The fraction of sp³-hybridized carbons (Fsp3) is 0. The van der Waals surface area contributed by atoms with E-state index < -0.39 is 0 Å². The largest absolute Gasteiger partial charge is 0.244 e. The van der Waals surface area contributed by atoms with Crippen LogP contribution in [0.2, 0.25) is 0 Å². The molecule has 0 atom stereocenters. The van der Waals surface area contributed by atoms with E-state index in [-0.39, 0.29) is 0 Å². The number of benzene rings is 1. The molecule has 0 saturated carbocycles. The zero-order chi connectivity index (χ0) is 9.38. The fourth-order valence-electron chi connectivity index (χ4n) is 1.33. The summed E-state index contributed by atoms with van der Waals surface area (Å²) in [5, 5.41) is 7.04. The summed E-state index contributed by atoms with van der Waals surface area (Å²) in [5.41, 5.74) is 2.08. The van der Waals surface area contributed by atoms with Crippen LogP contribution in [-0.2, 0) is 0 Å². The van der Waals surface area contributed by atoms with Gasteiger partial charge >= 0.3 is 0 Å². The SMILES string of the molecule is c1cc(-c2nccs2)c2snnc2c1. The average molecular weight is 219 g/mol. The Morgan fingerprint density at radius 3 is 3.07 bits per heavy atom. The van der Waals surface area contributed by atoms with Crippen LogP contribution in [0, 0.1) is 0 Å². The second-order valence-electron chi connectivity index (χ2n) is 2.76. The second-order valence-corrected chi connectivity index (χ2v) is 4.41. The molecule has 5 heteroatoms. The molecule has 0 unspecified atom stereocenters. The maximum Gasteiger partial charge on any atom is 0.124 e. The summed E-state index contributed by atoms with van der Waals surface area (Å²) in [6, 6.07) is 6.01. The maximum absolute atomic E-state index is 4.29. The van der Waals surface area contributed by atoms with E-state index in [9.17, 15) is 0 Å². The van der Waals surface area contributed by atoms with Crippen molar-refractivity contribution in [1.29, 1.82) is 0 Å². The maximum atomic E-state index is 4.29. The molecule has 0 bridgehead atoms. The molecule has 0 amide bonds. The third-order valence-electron chi connectivity index (χ3n) is 1.94. The predicted molar refractivity (Wildman–Crippen MR) is 58.5 cm³/mol. The van der Waals surface area contributed by atoms with Crippen molar-refractivity contribution in [3.8, 4) is 10.6 Å². The van der Waals surface area contributed by atoms with Crippen molar-refractivity contribution in [2.75, 3.05) is 0 Å². The summed E-state index contributed by atoms with van der Waals surface area (Å²) in [6.07, 6.45) is 1.81. The van der Waals surface area contributed by atoms with Gasteiger partial charge in [-0.15, -0.1) is 16.4 Å². The van der Waals surface area contributed by atoms with Crippen LogP contribution in [0.4, 0.5) is 0 Å². The lowest BCUT2D eigenvalue weighted by Crippen LogP contribution is -1.75. The Hall–Kier alpha value is -1.33. The Morgan fingerprint density at radius 2 is 2.21 bits per heavy atom. The van der Waals surface area contributed by atoms with Gasteiger partial charge in [-0.05, 0) is 17.6 Å². The number of fused-ring (bicyclic) bond motifs is 1. The summed E-state index contributed by atoms with van der Waals surface area (Å²) in [6.45, 7) is 0. The van der Waals surface area contributed by atoms with Crippen molar-refractivity contribution >= 4 is 33.1 Å². The first-order chi connectivity index (χ1) is 6.95. The third kappa shape index (κ3) is 1.13. The van der Waals surface area contributed by atoms with Crippen LogP contribution in [0.3, 0.4) is 0 Å². The highest BCUT2D eigenvalue weighted by molar-refractivity contribution is 7.16. The Bertz CT molecular complexity index is 556. The standard InChI is InChI=1S/C9H5N3S2/c1-2-6(9-10-4-5-13-9)8-7(3-1)11-12-14-8/h1-5H. The van der Waals surface area contributed by atoms with E-state index in [1.807, 2.05) is 23.7 Å². The highest BCUT2D eigenvalue weighted by atomic mass is 32.1. The van der Waals surface area contributed by atoms with Crippen LogP contribution in [0.15, 0.2) is 29.8 Å². The topological polar surface area (TPSA) is 38.7 Å². The molecule has 0 saturated heterocycles. The van der Waals surface area contributed by atoms with Crippen molar-refractivity contribution in [2.24, 2.45) is 0 Å². The number of thiazole rings is 1. The molecule has 0 aliphatic heterocycles. The normalized spacial score (nSPS) is 10.9. The van der Waals surface area contributed by atoms with Gasteiger partial charge in [-0.3, -0.25) is 0 Å². The minimum absolute atomic E-state index is 0.947. The molecule has 3 aromatic rings. The first-order valence-corrected chi connectivity index (χ1v) is 5.71. The Kier molecular flexibility index (Phi) is 1.78. The highest BCUT2D eigenvalue weighted by Gasteiger charge is 2.07. The van der Waals surface area contributed by atoms with Crippen LogP contribution >= 0.6 is 22.9 Å². The van der Waals surface area contributed by atoms with Gasteiger partial charge in [-0.2, -0.15) is 0 Å². The van der Waals surface area contributed by atoms with Crippen molar-refractivity contribution < 1.29 is 0 Å². The number of nitrogens with zero attached hydrogens (tertiary/aromatic N) is 3. The molecule has 0 radical (unpaired) electrons. The molecule has 0 spiro atoms.